The second-order valence-corrected chi connectivity index (χ2v) is 10.2. The zero-order chi connectivity index (χ0) is 26.6. The Balaban J connectivity index is 1.09. The highest BCUT2D eigenvalue weighted by Gasteiger charge is 2.27. The normalized spacial score (nSPS) is 17.3. The van der Waals surface area contributed by atoms with Gasteiger partial charge in [0, 0.05) is 49.7 Å². The number of aromatic nitrogens is 3. The van der Waals surface area contributed by atoms with Crippen LogP contribution in [0.5, 0.6) is 11.5 Å². The highest BCUT2D eigenvalue weighted by Crippen LogP contribution is 2.32. The molecule has 1 aliphatic heterocycles. The van der Waals surface area contributed by atoms with Crippen LogP contribution >= 0.6 is 0 Å². The van der Waals surface area contributed by atoms with Crippen LogP contribution in [0, 0.1) is 0 Å². The van der Waals surface area contributed by atoms with Gasteiger partial charge in [-0.1, -0.05) is 24.3 Å². The van der Waals surface area contributed by atoms with E-state index < -0.39 is 0 Å². The molecule has 3 heterocycles. The quantitative estimate of drug-likeness (QED) is 0.247. The molecule has 9 heteroatoms. The summed E-state index contributed by atoms with van der Waals surface area (Å²) in [5.41, 5.74) is 2.51. The number of benzene rings is 2. The number of carbonyl (C=O) groups is 1. The van der Waals surface area contributed by atoms with E-state index in [4.69, 9.17) is 4.74 Å². The monoisotopic (exact) mass is 523 g/mol. The lowest BCUT2D eigenvalue weighted by Crippen LogP contribution is -2.30. The van der Waals surface area contributed by atoms with Gasteiger partial charge in [-0.3, -0.25) is 14.8 Å². The molecule has 2 aromatic carbocycles. The van der Waals surface area contributed by atoms with Gasteiger partial charge in [0.1, 0.15) is 11.5 Å². The maximum Gasteiger partial charge on any atom is 0.246 e. The number of aromatic amines is 1. The molecule has 1 saturated carbocycles. The first-order chi connectivity index (χ1) is 19.1. The maximum atomic E-state index is 12.7. The molecule has 3 N–H and O–H groups in total. The van der Waals surface area contributed by atoms with Crippen LogP contribution in [-0.2, 0) is 4.79 Å². The number of fused-ring (bicyclic) bond motifs is 1. The predicted octanol–water partition coefficient (Wildman–Crippen LogP) is 5.16. The molecule has 2 aromatic heterocycles. The summed E-state index contributed by atoms with van der Waals surface area (Å²) in [5.74, 6) is 2.36. The third-order valence-corrected chi connectivity index (χ3v) is 7.24. The van der Waals surface area contributed by atoms with Crippen molar-refractivity contribution in [2.75, 3.05) is 37.3 Å². The zero-order valence-electron chi connectivity index (χ0n) is 22.0. The number of likely N-dealkylation sites (N-methyl/N-ethyl adjacent to an activating group) is 1. The molecule has 2 fully saturated rings. The van der Waals surface area contributed by atoms with E-state index in [0.717, 1.165) is 53.6 Å². The van der Waals surface area contributed by atoms with E-state index >= 15 is 0 Å². The first kappa shape index (κ1) is 24.9. The number of para-hydroxylation sites is 1. The molecule has 0 unspecified atom stereocenters. The number of hydrogen-bond donors (Lipinski definition) is 3. The number of nitrogens with one attached hydrogen (secondary N) is 3. The molecule has 39 heavy (non-hydrogen) atoms. The molecular formula is C30H33N7O2. The second-order valence-electron chi connectivity index (χ2n) is 10.2. The largest absolute Gasteiger partial charge is 0.457 e. The molecule has 200 valence electrons. The molecule has 0 radical (unpaired) electrons. The number of H-pyrrole nitrogens is 1. The average molecular weight is 524 g/mol. The summed E-state index contributed by atoms with van der Waals surface area (Å²) in [6.07, 6.45) is 8.84. The van der Waals surface area contributed by atoms with Gasteiger partial charge in [-0.2, -0.15) is 5.10 Å². The van der Waals surface area contributed by atoms with E-state index in [1.165, 1.54) is 12.8 Å². The number of amides is 1. The minimum Gasteiger partial charge on any atom is -0.457 e. The zero-order valence-corrected chi connectivity index (χ0v) is 22.0. The lowest BCUT2D eigenvalue weighted by atomic mass is 10.2. The number of likely N-dealkylation sites (tertiary alicyclic amines) is 1. The first-order valence-electron chi connectivity index (χ1n) is 13.5. The standard InChI is InChI=1S/C30H33N7O2/c1-36(23-11-12-23)18-5-8-27(38)37-19-16-22(20-37)33-30-28-26(15-17-31-29(28)34-35-30)32-21-9-13-25(14-10-21)39-24-6-3-2-4-7-24/h2-10,13-15,17,22-23H,11-12,16,18-20H2,1H3,(H3,31,32,33,34,35)/b8-5+/t22-/m1/s1. The van der Waals surface area contributed by atoms with Crippen molar-refractivity contribution in [1.82, 2.24) is 25.0 Å². The summed E-state index contributed by atoms with van der Waals surface area (Å²) in [5, 5.41) is 15.4. The van der Waals surface area contributed by atoms with Gasteiger partial charge >= 0.3 is 0 Å². The molecule has 1 amide bonds. The van der Waals surface area contributed by atoms with Crippen LogP contribution in [0.15, 0.2) is 79.0 Å². The van der Waals surface area contributed by atoms with Crippen LogP contribution in [0.3, 0.4) is 0 Å². The van der Waals surface area contributed by atoms with E-state index in [2.05, 4.69) is 37.8 Å². The summed E-state index contributed by atoms with van der Waals surface area (Å²) < 4.78 is 5.91. The fourth-order valence-electron chi connectivity index (χ4n) is 4.91. The summed E-state index contributed by atoms with van der Waals surface area (Å²) in [7, 11) is 2.12. The minimum atomic E-state index is 0.0686. The van der Waals surface area contributed by atoms with Crippen molar-refractivity contribution in [3.8, 4) is 11.5 Å². The number of pyridine rings is 1. The van der Waals surface area contributed by atoms with Crippen molar-refractivity contribution < 1.29 is 9.53 Å². The van der Waals surface area contributed by atoms with Crippen molar-refractivity contribution in [1.29, 1.82) is 0 Å². The topological polar surface area (TPSA) is 98.4 Å². The Morgan fingerprint density at radius 1 is 1.10 bits per heavy atom. The van der Waals surface area contributed by atoms with Gasteiger partial charge in [0.15, 0.2) is 11.5 Å². The Morgan fingerprint density at radius 3 is 2.69 bits per heavy atom. The molecule has 1 atom stereocenters. The lowest BCUT2D eigenvalue weighted by Gasteiger charge is -2.16. The number of hydrogen-bond acceptors (Lipinski definition) is 7. The lowest BCUT2D eigenvalue weighted by molar-refractivity contribution is -0.125. The Bertz CT molecular complexity index is 1450. The number of carbonyl (C=O) groups excluding carboxylic acids is 1. The molecule has 0 bridgehead atoms. The molecule has 0 spiro atoms. The highest BCUT2D eigenvalue weighted by molar-refractivity contribution is 5.99. The van der Waals surface area contributed by atoms with Gasteiger partial charge in [0.25, 0.3) is 0 Å². The van der Waals surface area contributed by atoms with Crippen LogP contribution in [0.2, 0.25) is 0 Å². The number of rotatable bonds is 10. The van der Waals surface area contributed by atoms with Crippen LogP contribution in [-0.4, -0.2) is 69.7 Å². The van der Waals surface area contributed by atoms with Gasteiger partial charge < -0.3 is 20.3 Å². The Hall–Kier alpha value is -4.37. The first-order valence-corrected chi connectivity index (χ1v) is 13.5. The number of anilines is 3. The van der Waals surface area contributed by atoms with Crippen molar-refractivity contribution in [2.24, 2.45) is 0 Å². The summed E-state index contributed by atoms with van der Waals surface area (Å²) in [6.45, 7) is 2.18. The molecule has 4 aromatic rings. The highest BCUT2D eigenvalue weighted by atomic mass is 16.5. The van der Waals surface area contributed by atoms with Crippen molar-refractivity contribution in [3.05, 3.63) is 79.0 Å². The third kappa shape index (κ3) is 6.04. The summed E-state index contributed by atoms with van der Waals surface area (Å²) >= 11 is 0. The van der Waals surface area contributed by atoms with E-state index in [1.807, 2.05) is 71.6 Å². The fourth-order valence-corrected chi connectivity index (χ4v) is 4.91. The van der Waals surface area contributed by atoms with E-state index in [0.29, 0.717) is 18.2 Å². The van der Waals surface area contributed by atoms with Crippen molar-refractivity contribution in [3.63, 3.8) is 0 Å². The van der Waals surface area contributed by atoms with Crippen LogP contribution < -0.4 is 15.4 Å². The third-order valence-electron chi connectivity index (χ3n) is 7.24. The van der Waals surface area contributed by atoms with Crippen LogP contribution in [0.1, 0.15) is 19.3 Å². The Kier molecular flexibility index (Phi) is 7.14. The SMILES string of the molecule is CN(C/C=C/C(=O)N1CC[C@@H](Nc2n[nH]c3nccc(Nc4ccc(Oc5ccccc5)cc4)c23)C1)C1CC1. The molecule has 2 aliphatic rings. The average Bonchev–Trinajstić information content (AvgIpc) is 3.57. The molecule has 9 nitrogen and oxygen atoms in total. The molecule has 1 saturated heterocycles. The smallest absolute Gasteiger partial charge is 0.246 e. The Labute approximate surface area is 227 Å². The molecular weight excluding hydrogens is 490 g/mol. The predicted molar refractivity (Wildman–Crippen MR) is 154 cm³/mol. The van der Waals surface area contributed by atoms with E-state index in [1.54, 1.807) is 12.3 Å². The van der Waals surface area contributed by atoms with E-state index in [-0.39, 0.29) is 11.9 Å². The van der Waals surface area contributed by atoms with Crippen LogP contribution in [0.25, 0.3) is 11.0 Å². The van der Waals surface area contributed by atoms with Crippen molar-refractivity contribution in [2.45, 2.75) is 31.3 Å². The Morgan fingerprint density at radius 2 is 1.90 bits per heavy atom. The van der Waals surface area contributed by atoms with Crippen LogP contribution in [0.4, 0.5) is 17.2 Å². The molecule has 6 rings (SSSR count). The van der Waals surface area contributed by atoms with Gasteiger partial charge in [0.2, 0.25) is 5.91 Å². The fraction of sp³-hybridized carbons (Fsp3) is 0.300. The minimum absolute atomic E-state index is 0.0686. The van der Waals surface area contributed by atoms with E-state index in [9.17, 15) is 4.79 Å². The number of ether oxygens (including phenoxy) is 1. The van der Waals surface area contributed by atoms with Gasteiger partial charge in [-0.05, 0) is 68.8 Å². The summed E-state index contributed by atoms with van der Waals surface area (Å²) in [6, 6.07) is 20.3. The summed E-state index contributed by atoms with van der Waals surface area (Å²) in [4.78, 5) is 21.3. The second kappa shape index (κ2) is 11.2. The van der Waals surface area contributed by atoms with Gasteiger partial charge in [-0.25, -0.2) is 4.98 Å². The maximum absolute atomic E-state index is 12.7. The molecule has 1 aliphatic carbocycles. The van der Waals surface area contributed by atoms with Crippen molar-refractivity contribution >= 4 is 34.1 Å². The van der Waals surface area contributed by atoms with Gasteiger partial charge in [0.05, 0.1) is 11.1 Å². The number of nitrogens with zero attached hydrogens (tertiary/aromatic N) is 4. The van der Waals surface area contributed by atoms with Gasteiger partial charge in [-0.15, -0.1) is 0 Å².